The number of nitrogens with zero attached hydrogens (tertiary/aromatic N) is 5. The zero-order valence-corrected chi connectivity index (χ0v) is 19.2. The van der Waals surface area contributed by atoms with E-state index in [4.69, 9.17) is 4.74 Å². The maximum atomic E-state index is 13.3. The fourth-order valence-electron chi connectivity index (χ4n) is 3.72. The molecule has 0 saturated carbocycles. The minimum atomic E-state index is -0.752. The molecule has 4 rings (SSSR count). The number of carbonyl (C=O) groups is 1. The molecule has 0 bridgehead atoms. The highest BCUT2D eigenvalue weighted by atomic mass is 16.6. The Morgan fingerprint density at radius 3 is 2.63 bits per heavy atom. The molecule has 4 aromatic rings. The van der Waals surface area contributed by atoms with Gasteiger partial charge in [0.1, 0.15) is 23.3 Å². The van der Waals surface area contributed by atoms with Gasteiger partial charge in [-0.2, -0.15) is 5.10 Å². The van der Waals surface area contributed by atoms with Gasteiger partial charge in [-0.05, 0) is 30.7 Å². The van der Waals surface area contributed by atoms with Crippen molar-refractivity contribution in [2.24, 2.45) is 7.05 Å². The number of hydrogen-bond donors (Lipinski definition) is 1. The summed E-state index contributed by atoms with van der Waals surface area (Å²) >= 11 is 0. The van der Waals surface area contributed by atoms with E-state index in [1.165, 1.54) is 36.1 Å². The lowest BCUT2D eigenvalue weighted by Gasteiger charge is -2.20. The molecule has 2 heterocycles. The third-order valence-electron chi connectivity index (χ3n) is 5.45. The van der Waals surface area contributed by atoms with E-state index in [0.717, 1.165) is 0 Å². The van der Waals surface area contributed by atoms with Crippen LogP contribution in [0.1, 0.15) is 33.6 Å². The topological polar surface area (TPSA) is 134 Å². The van der Waals surface area contributed by atoms with E-state index in [-0.39, 0.29) is 11.4 Å². The Morgan fingerprint density at radius 2 is 1.94 bits per heavy atom. The van der Waals surface area contributed by atoms with Crippen LogP contribution >= 0.6 is 0 Å². The van der Waals surface area contributed by atoms with Crippen molar-refractivity contribution in [3.63, 3.8) is 0 Å². The number of amides is 1. The molecular weight excluding hydrogens is 452 g/mol. The molecule has 0 saturated heterocycles. The van der Waals surface area contributed by atoms with Gasteiger partial charge in [0.25, 0.3) is 11.6 Å². The van der Waals surface area contributed by atoms with Gasteiger partial charge in [0.15, 0.2) is 5.69 Å². The number of nitrogens with one attached hydrogen (secondary N) is 1. The summed E-state index contributed by atoms with van der Waals surface area (Å²) in [5.74, 6) is 0.360. The molecule has 11 heteroatoms. The third kappa shape index (κ3) is 4.64. The van der Waals surface area contributed by atoms with Gasteiger partial charge >= 0.3 is 0 Å². The number of aromatic nitrogens is 4. The first-order chi connectivity index (χ1) is 16.8. The van der Waals surface area contributed by atoms with Gasteiger partial charge in [-0.15, -0.1) is 0 Å². The maximum absolute atomic E-state index is 13.3. The Bertz CT molecular complexity index is 1480. The second kappa shape index (κ2) is 9.59. The molecule has 1 atom stereocenters. The zero-order chi connectivity index (χ0) is 25.1. The van der Waals surface area contributed by atoms with Crippen LogP contribution in [0.5, 0.6) is 5.75 Å². The molecule has 0 spiro atoms. The van der Waals surface area contributed by atoms with E-state index in [1.807, 2.05) is 0 Å². The number of para-hydroxylation sites is 2. The molecule has 0 fully saturated rings. The number of benzene rings is 2. The summed E-state index contributed by atoms with van der Waals surface area (Å²) in [5, 5.41) is 18.6. The second-order valence-electron chi connectivity index (χ2n) is 7.74. The number of nitro benzene ring substituents is 1. The molecular formula is C24H22N6O5. The Kier molecular flexibility index (Phi) is 6.40. The minimum absolute atomic E-state index is 0.137. The largest absolute Gasteiger partial charge is 0.497 e. The second-order valence-corrected chi connectivity index (χ2v) is 7.74. The van der Waals surface area contributed by atoms with Crippen molar-refractivity contribution >= 4 is 11.6 Å². The molecule has 0 radical (unpaired) electrons. The van der Waals surface area contributed by atoms with Crippen molar-refractivity contribution in [1.82, 2.24) is 24.6 Å². The average molecular weight is 474 g/mol. The summed E-state index contributed by atoms with van der Waals surface area (Å²) in [6.07, 6.45) is 3.33. The highest BCUT2D eigenvalue weighted by Gasteiger charge is 2.25. The van der Waals surface area contributed by atoms with Gasteiger partial charge in [-0.1, -0.05) is 24.3 Å². The van der Waals surface area contributed by atoms with Crippen LogP contribution in [-0.4, -0.2) is 37.3 Å². The van der Waals surface area contributed by atoms with Gasteiger partial charge in [0, 0.05) is 37.3 Å². The summed E-state index contributed by atoms with van der Waals surface area (Å²) in [6, 6.07) is 13.6. The fraction of sp³-hybridized carbons (Fsp3) is 0.167. The number of rotatable bonds is 7. The Hall–Kier alpha value is -4.80. The Morgan fingerprint density at radius 1 is 1.17 bits per heavy atom. The van der Waals surface area contributed by atoms with Crippen molar-refractivity contribution in [3.8, 4) is 11.4 Å². The molecule has 0 aliphatic carbocycles. The van der Waals surface area contributed by atoms with Crippen LogP contribution in [0.15, 0.2) is 71.8 Å². The monoisotopic (exact) mass is 474 g/mol. The summed E-state index contributed by atoms with van der Waals surface area (Å²) in [7, 11) is 3.32. The van der Waals surface area contributed by atoms with E-state index < -0.39 is 28.0 Å². The van der Waals surface area contributed by atoms with E-state index in [1.54, 1.807) is 61.3 Å². The molecule has 11 nitrogen and oxygen atoms in total. The highest BCUT2D eigenvalue weighted by Crippen LogP contribution is 2.25. The first kappa shape index (κ1) is 23.4. The van der Waals surface area contributed by atoms with E-state index in [2.05, 4.69) is 15.4 Å². The molecule has 1 unspecified atom stereocenters. The number of nitro groups is 1. The lowest BCUT2D eigenvalue weighted by atomic mass is 10.1. The van der Waals surface area contributed by atoms with Gasteiger partial charge in [0.2, 0.25) is 5.43 Å². The van der Waals surface area contributed by atoms with Crippen molar-refractivity contribution < 1.29 is 14.5 Å². The molecule has 2 aromatic carbocycles. The Balaban J connectivity index is 1.78. The predicted octanol–water partition coefficient (Wildman–Crippen LogP) is 2.71. The van der Waals surface area contributed by atoms with Gasteiger partial charge in [0.05, 0.1) is 12.0 Å². The van der Waals surface area contributed by atoms with Crippen molar-refractivity contribution in [2.75, 3.05) is 7.11 Å². The van der Waals surface area contributed by atoms with Crippen LogP contribution in [0.25, 0.3) is 5.69 Å². The molecule has 35 heavy (non-hydrogen) atoms. The summed E-state index contributed by atoms with van der Waals surface area (Å²) < 4.78 is 8.28. The van der Waals surface area contributed by atoms with Crippen molar-refractivity contribution in [1.29, 1.82) is 0 Å². The van der Waals surface area contributed by atoms with Gasteiger partial charge in [-0.25, -0.2) is 9.67 Å². The van der Waals surface area contributed by atoms with Crippen LogP contribution in [0.3, 0.4) is 0 Å². The summed E-state index contributed by atoms with van der Waals surface area (Å²) in [6.45, 7) is 1.58. The number of ether oxygens (including phenoxy) is 1. The third-order valence-corrected chi connectivity index (χ3v) is 5.45. The molecule has 178 valence electrons. The van der Waals surface area contributed by atoms with Crippen LogP contribution in [0, 0.1) is 17.0 Å². The molecule has 2 aromatic heterocycles. The van der Waals surface area contributed by atoms with Crippen molar-refractivity contribution in [2.45, 2.75) is 13.0 Å². The highest BCUT2D eigenvalue weighted by molar-refractivity contribution is 5.92. The van der Waals surface area contributed by atoms with Crippen molar-refractivity contribution in [3.05, 3.63) is 110 Å². The first-order valence-electron chi connectivity index (χ1n) is 10.6. The first-order valence-corrected chi connectivity index (χ1v) is 10.6. The number of methoxy groups -OCH3 is 1. The van der Waals surface area contributed by atoms with Crippen LogP contribution in [-0.2, 0) is 7.05 Å². The zero-order valence-electron chi connectivity index (χ0n) is 19.2. The smallest absolute Gasteiger partial charge is 0.294 e. The molecule has 1 amide bonds. The van der Waals surface area contributed by atoms with Gasteiger partial charge < -0.3 is 14.6 Å². The van der Waals surface area contributed by atoms with E-state index in [0.29, 0.717) is 22.8 Å². The van der Waals surface area contributed by atoms with Crippen LogP contribution in [0.2, 0.25) is 0 Å². The number of hydrogen-bond acceptors (Lipinski definition) is 7. The lowest BCUT2D eigenvalue weighted by Crippen LogP contribution is -2.36. The standard InChI is InChI=1S/C24H22N6O5/c1-15-13-20(31)22(27-29(15)18-9-4-5-10-19(18)30(33)34)24(32)26-21(23-25-11-12-28(23)2)16-7-6-8-17(14-16)35-3/h4-14,21H,1-3H3,(H,26,32). The lowest BCUT2D eigenvalue weighted by molar-refractivity contribution is -0.384. The Labute approximate surface area is 199 Å². The summed E-state index contributed by atoms with van der Waals surface area (Å²) in [5.41, 5.74) is -0.0692. The van der Waals surface area contributed by atoms with Crippen LogP contribution < -0.4 is 15.5 Å². The SMILES string of the molecule is COc1cccc(C(NC(=O)c2nn(-c3ccccc3[N+](=O)[O-])c(C)cc2=O)c2nccn2C)c1. The van der Waals surface area contributed by atoms with E-state index in [9.17, 15) is 19.7 Å². The summed E-state index contributed by atoms with van der Waals surface area (Å²) in [4.78, 5) is 41.4. The van der Waals surface area contributed by atoms with E-state index >= 15 is 0 Å². The normalized spacial score (nSPS) is 11.6. The predicted molar refractivity (Wildman–Crippen MR) is 127 cm³/mol. The molecule has 1 N–H and O–H groups in total. The fourth-order valence-corrected chi connectivity index (χ4v) is 3.72. The van der Waals surface area contributed by atoms with Gasteiger partial charge in [-0.3, -0.25) is 19.7 Å². The number of carbonyl (C=O) groups excluding carboxylic acids is 1. The molecule has 0 aliphatic heterocycles. The molecule has 0 aliphatic rings. The average Bonchev–Trinajstić information content (AvgIpc) is 3.27. The number of imidazole rings is 1. The number of aryl methyl sites for hydroxylation is 2. The van der Waals surface area contributed by atoms with Crippen LogP contribution in [0.4, 0.5) is 5.69 Å². The quantitative estimate of drug-likeness (QED) is 0.321. The maximum Gasteiger partial charge on any atom is 0.294 e. The minimum Gasteiger partial charge on any atom is -0.497 e.